The van der Waals surface area contributed by atoms with Crippen LogP contribution in [0.4, 0.5) is 5.69 Å². The molecule has 0 bridgehead atoms. The highest BCUT2D eigenvalue weighted by molar-refractivity contribution is 5.95. The number of benzene rings is 1. The fraction of sp³-hybridized carbons (Fsp3) is 0.682. The molecule has 1 aromatic carbocycles. The molecule has 6 heteroatoms. The summed E-state index contributed by atoms with van der Waals surface area (Å²) in [6.45, 7) is 12.9. The van der Waals surface area contributed by atoms with Crippen molar-refractivity contribution >= 4 is 24.0 Å². The molecule has 5 nitrogen and oxygen atoms in total. The zero-order valence-electron chi connectivity index (χ0n) is 17.6. The van der Waals surface area contributed by atoms with E-state index in [2.05, 4.69) is 48.0 Å². The molecular weight excluding hydrogens is 374 g/mol. The molecule has 3 rings (SSSR count). The minimum Gasteiger partial charge on any atom is -0.379 e. The predicted octanol–water partition coefficient (Wildman–Crippen LogP) is 3.49. The van der Waals surface area contributed by atoms with Crippen molar-refractivity contribution in [3.63, 3.8) is 0 Å². The van der Waals surface area contributed by atoms with Gasteiger partial charge in [-0.1, -0.05) is 19.9 Å². The number of hydrogen-bond acceptors (Lipinski definition) is 4. The van der Waals surface area contributed by atoms with Gasteiger partial charge in [-0.05, 0) is 49.8 Å². The number of nitrogens with one attached hydrogen (secondary N) is 1. The molecule has 2 saturated heterocycles. The molecule has 2 aliphatic rings. The molecule has 2 fully saturated rings. The van der Waals surface area contributed by atoms with Gasteiger partial charge in [0.1, 0.15) is 0 Å². The van der Waals surface area contributed by atoms with Crippen LogP contribution >= 0.6 is 12.4 Å². The number of ether oxygens (including phenoxy) is 1. The second-order valence-electron chi connectivity index (χ2n) is 8.22. The Labute approximate surface area is 176 Å². The van der Waals surface area contributed by atoms with Gasteiger partial charge in [0.05, 0.1) is 13.2 Å². The van der Waals surface area contributed by atoms with E-state index >= 15 is 0 Å². The van der Waals surface area contributed by atoms with Crippen LogP contribution in [0.5, 0.6) is 0 Å². The summed E-state index contributed by atoms with van der Waals surface area (Å²) in [5.74, 6) is 0.525. The Balaban J connectivity index is 0.00000280. The topological polar surface area (TPSA) is 44.8 Å². The fourth-order valence-electron chi connectivity index (χ4n) is 4.22. The third kappa shape index (κ3) is 5.85. The maximum atomic E-state index is 12.8. The number of piperidine rings is 1. The average Bonchev–Trinajstić information content (AvgIpc) is 2.69. The molecule has 0 radical (unpaired) electrons. The summed E-state index contributed by atoms with van der Waals surface area (Å²) in [5.41, 5.74) is 3.24. The molecule has 1 aromatic rings. The molecule has 0 saturated carbocycles. The quantitative estimate of drug-likeness (QED) is 0.781. The number of nitrogens with zero attached hydrogens (tertiary/aromatic N) is 2. The number of anilines is 1. The fourth-order valence-corrected chi connectivity index (χ4v) is 4.22. The highest BCUT2D eigenvalue weighted by Crippen LogP contribution is 2.25. The van der Waals surface area contributed by atoms with Gasteiger partial charge in [0.25, 0.3) is 5.91 Å². The molecule has 2 heterocycles. The molecule has 1 N–H and O–H groups in total. The molecule has 0 spiro atoms. The van der Waals surface area contributed by atoms with Gasteiger partial charge in [0.2, 0.25) is 0 Å². The smallest absolute Gasteiger partial charge is 0.251 e. The van der Waals surface area contributed by atoms with Gasteiger partial charge >= 0.3 is 0 Å². The number of hydrogen-bond donors (Lipinski definition) is 1. The Bertz CT molecular complexity index is 626. The SMILES string of the molecule is Cc1ccc(C(=O)NCC(C(C)C)N2CCOCC2)cc1N1CCCCC1.Cl. The first-order chi connectivity index (χ1) is 13.1. The lowest BCUT2D eigenvalue weighted by molar-refractivity contribution is 0.00673. The third-order valence-electron chi connectivity index (χ3n) is 5.92. The number of carbonyl (C=O) groups excluding carboxylic acids is 1. The second-order valence-corrected chi connectivity index (χ2v) is 8.22. The Kier molecular flexibility index (Phi) is 9.06. The van der Waals surface area contributed by atoms with Crippen molar-refractivity contribution in [3.8, 4) is 0 Å². The zero-order valence-corrected chi connectivity index (χ0v) is 18.4. The van der Waals surface area contributed by atoms with Crippen molar-refractivity contribution in [3.05, 3.63) is 29.3 Å². The predicted molar refractivity (Wildman–Crippen MR) is 118 cm³/mol. The van der Waals surface area contributed by atoms with Gasteiger partial charge in [-0.2, -0.15) is 0 Å². The Hall–Kier alpha value is -1.30. The highest BCUT2D eigenvalue weighted by Gasteiger charge is 2.24. The van der Waals surface area contributed by atoms with Crippen LogP contribution in [-0.4, -0.2) is 62.8 Å². The van der Waals surface area contributed by atoms with Gasteiger partial charge < -0.3 is 15.0 Å². The first-order valence-electron chi connectivity index (χ1n) is 10.5. The normalized spacial score (nSPS) is 19.2. The highest BCUT2D eigenvalue weighted by atomic mass is 35.5. The number of aryl methyl sites for hydroxylation is 1. The third-order valence-corrected chi connectivity index (χ3v) is 5.92. The van der Waals surface area contributed by atoms with Crippen molar-refractivity contribution in [2.24, 2.45) is 5.92 Å². The largest absolute Gasteiger partial charge is 0.379 e. The number of rotatable bonds is 6. The van der Waals surface area contributed by atoms with E-state index in [1.54, 1.807) is 0 Å². The lowest BCUT2D eigenvalue weighted by atomic mass is 10.0. The summed E-state index contributed by atoms with van der Waals surface area (Å²) in [5, 5.41) is 3.19. The monoisotopic (exact) mass is 409 g/mol. The van der Waals surface area contributed by atoms with Crippen LogP contribution in [0.2, 0.25) is 0 Å². The number of amides is 1. The lowest BCUT2D eigenvalue weighted by Crippen LogP contribution is -2.51. The molecule has 0 aliphatic carbocycles. The van der Waals surface area contributed by atoms with Crippen LogP contribution < -0.4 is 10.2 Å². The van der Waals surface area contributed by atoms with Gasteiger partial charge in [-0.15, -0.1) is 12.4 Å². The molecule has 1 unspecified atom stereocenters. The Morgan fingerprint density at radius 2 is 1.79 bits per heavy atom. The van der Waals surface area contributed by atoms with Gasteiger partial charge in [-0.25, -0.2) is 0 Å². The molecular formula is C22H36ClN3O2. The van der Waals surface area contributed by atoms with E-state index in [0.717, 1.165) is 45.0 Å². The molecule has 1 atom stereocenters. The zero-order chi connectivity index (χ0) is 19.2. The van der Waals surface area contributed by atoms with Gasteiger partial charge in [-0.3, -0.25) is 9.69 Å². The van der Waals surface area contributed by atoms with E-state index in [1.807, 2.05) is 6.07 Å². The van der Waals surface area contributed by atoms with Crippen LogP contribution in [0.25, 0.3) is 0 Å². The summed E-state index contributed by atoms with van der Waals surface area (Å²) in [4.78, 5) is 17.7. The minimum atomic E-state index is 0. The minimum absolute atomic E-state index is 0. The standard InChI is InChI=1S/C22H35N3O2.ClH/c1-17(2)21(25-11-13-27-14-12-25)16-23-22(26)19-8-7-18(3)20(15-19)24-9-5-4-6-10-24;/h7-8,15,17,21H,4-6,9-14,16H2,1-3H3,(H,23,26);1H. The van der Waals surface area contributed by atoms with Crippen LogP contribution in [0.1, 0.15) is 49.0 Å². The summed E-state index contributed by atoms with van der Waals surface area (Å²) >= 11 is 0. The molecule has 28 heavy (non-hydrogen) atoms. The Morgan fingerprint density at radius 1 is 1.11 bits per heavy atom. The van der Waals surface area contributed by atoms with Crippen LogP contribution in [0.15, 0.2) is 18.2 Å². The summed E-state index contributed by atoms with van der Waals surface area (Å²) in [6, 6.07) is 6.47. The first kappa shape index (κ1) is 23.0. The van der Waals surface area contributed by atoms with E-state index in [1.165, 1.54) is 30.5 Å². The molecule has 1 amide bonds. The van der Waals surface area contributed by atoms with E-state index in [4.69, 9.17) is 4.74 Å². The summed E-state index contributed by atoms with van der Waals surface area (Å²) < 4.78 is 5.47. The van der Waals surface area contributed by atoms with E-state index in [-0.39, 0.29) is 18.3 Å². The first-order valence-corrected chi connectivity index (χ1v) is 10.5. The van der Waals surface area contributed by atoms with Crippen molar-refractivity contribution in [2.45, 2.75) is 46.1 Å². The number of halogens is 1. The summed E-state index contributed by atoms with van der Waals surface area (Å²) in [7, 11) is 0. The Morgan fingerprint density at radius 3 is 2.43 bits per heavy atom. The van der Waals surface area contributed by atoms with Crippen molar-refractivity contribution < 1.29 is 9.53 Å². The maximum absolute atomic E-state index is 12.8. The van der Waals surface area contributed by atoms with E-state index < -0.39 is 0 Å². The molecule has 158 valence electrons. The van der Waals surface area contributed by atoms with Crippen LogP contribution in [-0.2, 0) is 4.74 Å². The molecule has 0 aromatic heterocycles. The lowest BCUT2D eigenvalue weighted by Gasteiger charge is -2.37. The van der Waals surface area contributed by atoms with E-state index in [9.17, 15) is 4.79 Å². The van der Waals surface area contributed by atoms with E-state index in [0.29, 0.717) is 18.5 Å². The van der Waals surface area contributed by atoms with Crippen LogP contribution in [0, 0.1) is 12.8 Å². The van der Waals surface area contributed by atoms with Crippen molar-refractivity contribution in [1.29, 1.82) is 0 Å². The number of carbonyl (C=O) groups is 1. The second kappa shape index (κ2) is 11.0. The maximum Gasteiger partial charge on any atom is 0.251 e. The van der Waals surface area contributed by atoms with Crippen LogP contribution in [0.3, 0.4) is 0 Å². The van der Waals surface area contributed by atoms with Gasteiger partial charge in [0, 0.05) is 50.0 Å². The van der Waals surface area contributed by atoms with Crippen molar-refractivity contribution in [1.82, 2.24) is 10.2 Å². The summed E-state index contributed by atoms with van der Waals surface area (Å²) in [6.07, 6.45) is 3.80. The van der Waals surface area contributed by atoms with Crippen molar-refractivity contribution in [2.75, 3.05) is 50.8 Å². The molecule has 2 aliphatic heterocycles. The average molecular weight is 410 g/mol. The van der Waals surface area contributed by atoms with Gasteiger partial charge in [0.15, 0.2) is 0 Å². The number of morpholine rings is 1.